The van der Waals surface area contributed by atoms with Gasteiger partial charge in [-0.25, -0.2) is 4.79 Å². The summed E-state index contributed by atoms with van der Waals surface area (Å²) in [6.07, 6.45) is 2.54. The van der Waals surface area contributed by atoms with Crippen molar-refractivity contribution in [3.05, 3.63) is 34.9 Å². The predicted octanol–water partition coefficient (Wildman–Crippen LogP) is 3.51. The van der Waals surface area contributed by atoms with E-state index in [9.17, 15) is 4.79 Å². The van der Waals surface area contributed by atoms with Gasteiger partial charge in [0, 0.05) is 12.8 Å². The second kappa shape index (κ2) is 7.49. The predicted molar refractivity (Wildman–Crippen MR) is 104 cm³/mol. The molecule has 1 N–H and O–H groups in total. The highest BCUT2D eigenvalue weighted by Crippen LogP contribution is 2.30. The Labute approximate surface area is 153 Å². The van der Waals surface area contributed by atoms with Crippen LogP contribution in [0.15, 0.2) is 18.2 Å². The van der Waals surface area contributed by atoms with Gasteiger partial charge in [0.2, 0.25) is 0 Å². The summed E-state index contributed by atoms with van der Waals surface area (Å²) in [5.74, 6) is -0.192. The number of carbonyl (C=O) groups excluding carboxylic acids is 1. The molecular weight excluding hydrogens is 310 g/mol. The second-order valence-corrected chi connectivity index (χ2v) is 9.68. The Morgan fingerprint density at radius 2 is 1.48 bits per heavy atom. The Balaban J connectivity index is 2.19. The lowest BCUT2D eigenvalue weighted by atomic mass is 9.79. The van der Waals surface area contributed by atoms with E-state index in [0.29, 0.717) is 5.56 Å². The monoisotopic (exact) mass is 346 g/mol. The molecule has 1 fully saturated rings. The van der Waals surface area contributed by atoms with Crippen LogP contribution in [0.25, 0.3) is 0 Å². The molecule has 0 radical (unpaired) electrons. The molecule has 1 aliphatic rings. The minimum atomic E-state index is -0.192. The molecule has 0 aliphatic carbocycles. The Hall–Kier alpha value is -1.35. The van der Waals surface area contributed by atoms with E-state index in [1.54, 1.807) is 4.90 Å². The van der Waals surface area contributed by atoms with Gasteiger partial charge < -0.3 is 9.64 Å². The lowest BCUT2D eigenvalue weighted by Crippen LogP contribution is -3.11. The Kier molecular flexibility index (Phi) is 5.98. The average molecular weight is 347 g/mol. The minimum absolute atomic E-state index is 0.00159. The number of carbonyl (C=O) groups is 1. The molecule has 1 heterocycles. The third-order valence-corrected chi connectivity index (χ3v) is 5.10. The van der Waals surface area contributed by atoms with Gasteiger partial charge in [0.05, 0.1) is 18.7 Å². The molecular formula is C22H36NO2+. The Bertz CT molecular complexity index is 569. The smallest absolute Gasteiger partial charge is 0.338 e. The normalized spacial score (nSPS) is 17.6. The van der Waals surface area contributed by atoms with Crippen molar-refractivity contribution < 1.29 is 14.4 Å². The lowest BCUT2D eigenvalue weighted by Gasteiger charge is -2.26. The third-order valence-electron chi connectivity index (χ3n) is 5.10. The van der Waals surface area contributed by atoms with E-state index in [4.69, 9.17) is 4.74 Å². The quantitative estimate of drug-likeness (QED) is 0.846. The molecule has 0 aromatic heterocycles. The van der Waals surface area contributed by atoms with Crippen LogP contribution >= 0.6 is 0 Å². The van der Waals surface area contributed by atoms with E-state index in [-0.39, 0.29) is 22.9 Å². The van der Waals surface area contributed by atoms with Crippen molar-refractivity contribution in [1.82, 2.24) is 0 Å². The van der Waals surface area contributed by atoms with Crippen LogP contribution in [0, 0.1) is 0 Å². The first kappa shape index (κ1) is 20.0. The van der Waals surface area contributed by atoms with Crippen LogP contribution in [0.4, 0.5) is 0 Å². The van der Waals surface area contributed by atoms with E-state index in [2.05, 4.69) is 47.6 Å². The van der Waals surface area contributed by atoms with Crippen LogP contribution in [-0.4, -0.2) is 31.7 Å². The van der Waals surface area contributed by atoms with Gasteiger partial charge in [-0.05, 0) is 41.0 Å². The summed E-state index contributed by atoms with van der Waals surface area (Å²) >= 11 is 0. The van der Waals surface area contributed by atoms with Crippen LogP contribution < -0.4 is 4.90 Å². The SMILES string of the molecule is C[C@H](C[NH+]1CCCC1)OC(=O)c1cc(C(C)(C)C)cc(C(C)(C)C)c1. The highest BCUT2D eigenvalue weighted by molar-refractivity contribution is 5.90. The fourth-order valence-corrected chi connectivity index (χ4v) is 3.39. The first-order valence-electron chi connectivity index (χ1n) is 9.67. The molecule has 140 valence electrons. The number of hydrogen-bond acceptors (Lipinski definition) is 2. The summed E-state index contributed by atoms with van der Waals surface area (Å²) < 4.78 is 5.77. The van der Waals surface area contributed by atoms with Crippen LogP contribution in [-0.2, 0) is 15.6 Å². The molecule has 2 rings (SSSR count). The molecule has 0 saturated carbocycles. The minimum Gasteiger partial charge on any atom is -0.453 e. The summed E-state index contributed by atoms with van der Waals surface area (Å²) in [6.45, 7) is 18.4. The Morgan fingerprint density at radius 1 is 1.00 bits per heavy atom. The average Bonchev–Trinajstić information content (AvgIpc) is 2.97. The van der Waals surface area contributed by atoms with E-state index in [0.717, 1.165) is 6.54 Å². The number of nitrogens with one attached hydrogen (secondary N) is 1. The summed E-state index contributed by atoms with van der Waals surface area (Å²) in [6, 6.07) is 6.24. The van der Waals surface area contributed by atoms with Crippen molar-refractivity contribution in [3.8, 4) is 0 Å². The number of ether oxygens (including phenoxy) is 1. The van der Waals surface area contributed by atoms with Crippen LogP contribution in [0.3, 0.4) is 0 Å². The van der Waals surface area contributed by atoms with E-state index >= 15 is 0 Å². The topological polar surface area (TPSA) is 30.7 Å². The lowest BCUT2D eigenvalue weighted by molar-refractivity contribution is -0.890. The van der Waals surface area contributed by atoms with Crippen LogP contribution in [0.2, 0.25) is 0 Å². The number of esters is 1. The number of benzene rings is 1. The van der Waals surface area contributed by atoms with Crippen molar-refractivity contribution in [2.24, 2.45) is 0 Å². The van der Waals surface area contributed by atoms with Gasteiger partial charge in [0.25, 0.3) is 0 Å². The summed E-state index contributed by atoms with van der Waals surface area (Å²) in [5.41, 5.74) is 3.05. The van der Waals surface area contributed by atoms with Crippen molar-refractivity contribution in [2.75, 3.05) is 19.6 Å². The molecule has 3 nitrogen and oxygen atoms in total. The van der Waals surface area contributed by atoms with E-state index in [1.165, 1.54) is 37.1 Å². The first-order valence-corrected chi connectivity index (χ1v) is 9.67. The maximum absolute atomic E-state index is 12.8. The third kappa shape index (κ3) is 5.57. The van der Waals surface area contributed by atoms with Gasteiger partial charge in [-0.15, -0.1) is 0 Å². The maximum Gasteiger partial charge on any atom is 0.338 e. The highest BCUT2D eigenvalue weighted by Gasteiger charge is 2.25. The van der Waals surface area contributed by atoms with Crippen molar-refractivity contribution in [3.63, 3.8) is 0 Å². The van der Waals surface area contributed by atoms with Gasteiger partial charge in [0.15, 0.2) is 0 Å². The second-order valence-electron chi connectivity index (χ2n) is 9.68. The number of likely N-dealkylation sites (tertiary alicyclic amines) is 1. The molecule has 0 spiro atoms. The van der Waals surface area contributed by atoms with Gasteiger partial charge in [0.1, 0.15) is 12.6 Å². The van der Waals surface area contributed by atoms with Crippen LogP contribution in [0.1, 0.15) is 82.8 Å². The van der Waals surface area contributed by atoms with Gasteiger partial charge in [-0.3, -0.25) is 0 Å². The molecule has 25 heavy (non-hydrogen) atoms. The number of hydrogen-bond donors (Lipinski definition) is 1. The summed E-state index contributed by atoms with van der Waals surface area (Å²) in [5, 5.41) is 0. The van der Waals surface area contributed by atoms with Crippen molar-refractivity contribution >= 4 is 5.97 Å². The number of rotatable bonds is 4. The molecule has 1 saturated heterocycles. The molecule has 0 bridgehead atoms. The summed E-state index contributed by atoms with van der Waals surface area (Å²) in [4.78, 5) is 14.3. The Morgan fingerprint density at radius 3 is 1.92 bits per heavy atom. The van der Waals surface area contributed by atoms with E-state index in [1.807, 2.05) is 19.1 Å². The number of quaternary nitrogens is 1. The fraction of sp³-hybridized carbons (Fsp3) is 0.682. The standard InChI is InChI=1S/C22H35NO2/c1-16(15-23-10-8-9-11-23)25-20(24)17-12-18(21(2,3)4)14-19(13-17)22(5,6)7/h12-14,16H,8-11,15H2,1-7H3/p+1/t16-/m1/s1. The zero-order chi connectivity index (χ0) is 18.8. The van der Waals surface area contributed by atoms with Gasteiger partial charge in [-0.1, -0.05) is 47.6 Å². The first-order chi connectivity index (χ1) is 11.5. The zero-order valence-electron chi connectivity index (χ0n) is 17.2. The molecule has 0 amide bonds. The molecule has 0 unspecified atom stereocenters. The molecule has 1 aromatic rings. The highest BCUT2D eigenvalue weighted by atomic mass is 16.5. The van der Waals surface area contributed by atoms with Gasteiger partial charge in [-0.2, -0.15) is 0 Å². The molecule has 1 aromatic carbocycles. The zero-order valence-corrected chi connectivity index (χ0v) is 17.2. The molecule has 1 atom stereocenters. The fourth-order valence-electron chi connectivity index (χ4n) is 3.39. The van der Waals surface area contributed by atoms with Gasteiger partial charge >= 0.3 is 5.97 Å². The van der Waals surface area contributed by atoms with Crippen molar-refractivity contribution in [2.45, 2.75) is 78.2 Å². The maximum atomic E-state index is 12.8. The van der Waals surface area contributed by atoms with Crippen LogP contribution in [0.5, 0.6) is 0 Å². The van der Waals surface area contributed by atoms with E-state index < -0.39 is 0 Å². The largest absolute Gasteiger partial charge is 0.453 e. The summed E-state index contributed by atoms with van der Waals surface area (Å²) in [7, 11) is 0. The van der Waals surface area contributed by atoms with Crippen molar-refractivity contribution in [1.29, 1.82) is 0 Å². The molecule has 1 aliphatic heterocycles. The molecule has 3 heteroatoms.